The first-order chi connectivity index (χ1) is 13.2. The molecule has 0 N–H and O–H groups in total. The number of nitro groups is 2. The Hall–Kier alpha value is -3.12. The van der Waals surface area contributed by atoms with Gasteiger partial charge in [-0.25, -0.2) is 12.8 Å². The second-order valence-electron chi connectivity index (χ2n) is 6.01. The van der Waals surface area contributed by atoms with E-state index in [9.17, 15) is 33.0 Å². The van der Waals surface area contributed by atoms with E-state index in [4.69, 9.17) is 0 Å². The number of rotatable bonds is 5. The molecule has 0 unspecified atom stereocenters. The Morgan fingerprint density at radius 3 is 2.11 bits per heavy atom. The van der Waals surface area contributed by atoms with E-state index in [2.05, 4.69) is 0 Å². The van der Waals surface area contributed by atoms with Crippen LogP contribution in [0.5, 0.6) is 0 Å². The van der Waals surface area contributed by atoms with Crippen LogP contribution < -0.4 is 4.90 Å². The summed E-state index contributed by atoms with van der Waals surface area (Å²) in [6, 6.07) is 8.25. The first-order valence-corrected chi connectivity index (χ1v) is 9.58. The highest BCUT2D eigenvalue weighted by Gasteiger charge is 2.34. The van der Waals surface area contributed by atoms with Crippen molar-refractivity contribution in [1.29, 1.82) is 0 Å². The smallest absolute Gasteiger partial charge is 0.295 e. The number of anilines is 1. The van der Waals surface area contributed by atoms with Crippen LogP contribution in [0.1, 0.15) is 0 Å². The highest BCUT2D eigenvalue weighted by atomic mass is 32.2. The molecule has 0 radical (unpaired) electrons. The normalized spacial score (nSPS) is 15.4. The maximum absolute atomic E-state index is 13.3. The summed E-state index contributed by atoms with van der Waals surface area (Å²) < 4.78 is 40.1. The number of hydrogen-bond acceptors (Lipinski definition) is 7. The topological polar surface area (TPSA) is 127 Å². The lowest BCUT2D eigenvalue weighted by Gasteiger charge is -2.34. The molecule has 0 bridgehead atoms. The van der Waals surface area contributed by atoms with Crippen LogP contribution in [-0.4, -0.2) is 48.7 Å². The zero-order valence-corrected chi connectivity index (χ0v) is 15.2. The lowest BCUT2D eigenvalue weighted by Crippen LogP contribution is -2.48. The molecule has 0 saturated carbocycles. The first kappa shape index (κ1) is 19.6. The molecular formula is C16H15FN4O6S. The van der Waals surface area contributed by atoms with Gasteiger partial charge in [0.2, 0.25) is 10.0 Å². The van der Waals surface area contributed by atoms with Crippen LogP contribution in [0.25, 0.3) is 0 Å². The molecule has 1 saturated heterocycles. The minimum absolute atomic E-state index is 0.0249. The Labute approximate surface area is 159 Å². The SMILES string of the molecule is O=[N+]([O-])c1cc(F)ccc1N1CCN(S(=O)(=O)c2ccccc2[N+](=O)[O-])CC1. The molecule has 10 nitrogen and oxygen atoms in total. The fourth-order valence-electron chi connectivity index (χ4n) is 3.04. The van der Waals surface area contributed by atoms with Gasteiger partial charge in [-0.3, -0.25) is 20.2 Å². The fourth-order valence-corrected chi connectivity index (χ4v) is 4.62. The molecule has 12 heteroatoms. The molecule has 2 aromatic rings. The standard InChI is InChI=1S/C16H15FN4O6S/c17-12-5-6-13(15(11-12)21(24)25)18-7-9-19(10-8-18)28(26,27)16-4-2-1-3-14(16)20(22)23/h1-6,11H,7-10H2. The Balaban J connectivity index is 1.83. The van der Waals surface area contributed by atoms with Crippen LogP contribution >= 0.6 is 0 Å². The molecule has 0 spiro atoms. The number of para-hydroxylation sites is 1. The maximum atomic E-state index is 13.3. The third-order valence-corrected chi connectivity index (χ3v) is 6.34. The molecular weight excluding hydrogens is 395 g/mol. The molecule has 0 aromatic heterocycles. The third kappa shape index (κ3) is 3.64. The van der Waals surface area contributed by atoms with Gasteiger partial charge >= 0.3 is 0 Å². The van der Waals surface area contributed by atoms with Gasteiger partial charge in [0, 0.05) is 32.2 Å². The predicted octanol–water partition coefficient (Wildman–Crippen LogP) is 2.15. The van der Waals surface area contributed by atoms with E-state index in [0.717, 1.165) is 22.5 Å². The van der Waals surface area contributed by atoms with Crippen molar-refractivity contribution in [1.82, 2.24) is 4.31 Å². The van der Waals surface area contributed by atoms with Crippen LogP contribution in [0.15, 0.2) is 47.4 Å². The zero-order chi connectivity index (χ0) is 20.5. The third-order valence-electron chi connectivity index (χ3n) is 4.39. The lowest BCUT2D eigenvalue weighted by molar-refractivity contribution is -0.387. The van der Waals surface area contributed by atoms with Crippen LogP contribution in [-0.2, 0) is 10.0 Å². The molecule has 0 amide bonds. The van der Waals surface area contributed by atoms with Gasteiger partial charge in [-0.2, -0.15) is 4.31 Å². The van der Waals surface area contributed by atoms with E-state index in [1.165, 1.54) is 24.3 Å². The Bertz CT molecular complexity index is 1040. The average molecular weight is 410 g/mol. The maximum Gasteiger partial charge on any atom is 0.295 e. The second-order valence-corrected chi connectivity index (χ2v) is 7.91. The molecule has 1 aliphatic heterocycles. The van der Waals surface area contributed by atoms with Crippen molar-refractivity contribution in [2.45, 2.75) is 4.90 Å². The largest absolute Gasteiger partial charge is 0.363 e. The van der Waals surface area contributed by atoms with Crippen LogP contribution in [0.3, 0.4) is 0 Å². The lowest BCUT2D eigenvalue weighted by atomic mass is 10.2. The molecule has 2 aromatic carbocycles. The Morgan fingerprint density at radius 1 is 0.893 bits per heavy atom. The van der Waals surface area contributed by atoms with Crippen molar-refractivity contribution in [3.63, 3.8) is 0 Å². The van der Waals surface area contributed by atoms with Crippen molar-refractivity contribution in [2.24, 2.45) is 0 Å². The number of nitrogens with zero attached hydrogens (tertiary/aromatic N) is 4. The summed E-state index contributed by atoms with van der Waals surface area (Å²) in [6.45, 7) is 0.185. The Morgan fingerprint density at radius 2 is 1.50 bits per heavy atom. The number of nitro benzene ring substituents is 2. The van der Waals surface area contributed by atoms with Gasteiger partial charge in [0.25, 0.3) is 11.4 Å². The van der Waals surface area contributed by atoms with Gasteiger partial charge in [-0.05, 0) is 18.2 Å². The monoisotopic (exact) mass is 410 g/mol. The predicted molar refractivity (Wildman–Crippen MR) is 97.1 cm³/mol. The van der Waals surface area contributed by atoms with Crippen molar-refractivity contribution >= 4 is 27.1 Å². The van der Waals surface area contributed by atoms with E-state index in [1.54, 1.807) is 4.90 Å². The van der Waals surface area contributed by atoms with E-state index in [1.807, 2.05) is 0 Å². The van der Waals surface area contributed by atoms with Crippen molar-refractivity contribution in [3.05, 3.63) is 68.5 Å². The van der Waals surface area contributed by atoms with Crippen molar-refractivity contribution in [3.8, 4) is 0 Å². The number of sulfonamides is 1. The molecule has 3 rings (SSSR count). The van der Waals surface area contributed by atoms with E-state index in [0.29, 0.717) is 0 Å². The fraction of sp³-hybridized carbons (Fsp3) is 0.250. The molecule has 1 aliphatic rings. The van der Waals surface area contributed by atoms with Gasteiger partial charge in [0.05, 0.1) is 15.9 Å². The molecule has 28 heavy (non-hydrogen) atoms. The molecule has 1 heterocycles. The minimum atomic E-state index is -4.11. The summed E-state index contributed by atoms with van der Waals surface area (Å²) in [4.78, 5) is 22.0. The van der Waals surface area contributed by atoms with Gasteiger partial charge in [-0.1, -0.05) is 12.1 Å². The van der Waals surface area contributed by atoms with Crippen LogP contribution in [0.2, 0.25) is 0 Å². The summed E-state index contributed by atoms with van der Waals surface area (Å²) in [5, 5.41) is 22.3. The molecule has 148 valence electrons. The van der Waals surface area contributed by atoms with E-state index >= 15 is 0 Å². The van der Waals surface area contributed by atoms with Gasteiger partial charge in [0.1, 0.15) is 11.5 Å². The minimum Gasteiger partial charge on any atom is -0.363 e. The summed E-state index contributed by atoms with van der Waals surface area (Å²) in [5.41, 5.74) is -0.733. The molecule has 0 atom stereocenters. The number of hydrogen-bond donors (Lipinski definition) is 0. The summed E-state index contributed by atoms with van der Waals surface area (Å²) in [5.74, 6) is -0.743. The average Bonchev–Trinajstić information content (AvgIpc) is 2.68. The van der Waals surface area contributed by atoms with E-state index in [-0.39, 0.29) is 31.9 Å². The number of benzene rings is 2. The van der Waals surface area contributed by atoms with Gasteiger partial charge in [-0.15, -0.1) is 0 Å². The summed E-state index contributed by atoms with van der Waals surface area (Å²) >= 11 is 0. The van der Waals surface area contributed by atoms with Crippen LogP contribution in [0.4, 0.5) is 21.5 Å². The van der Waals surface area contributed by atoms with Crippen molar-refractivity contribution in [2.75, 3.05) is 31.1 Å². The molecule has 1 fully saturated rings. The van der Waals surface area contributed by atoms with Crippen molar-refractivity contribution < 1.29 is 22.7 Å². The zero-order valence-electron chi connectivity index (χ0n) is 14.4. The van der Waals surface area contributed by atoms with Gasteiger partial charge < -0.3 is 4.90 Å². The highest BCUT2D eigenvalue weighted by Crippen LogP contribution is 2.31. The van der Waals surface area contributed by atoms with E-state index < -0.39 is 42.0 Å². The van der Waals surface area contributed by atoms with Crippen LogP contribution in [0, 0.1) is 26.0 Å². The Kier molecular flexibility index (Phi) is 5.25. The second kappa shape index (κ2) is 7.48. The number of halogens is 1. The summed E-state index contributed by atoms with van der Waals surface area (Å²) in [7, 11) is -4.11. The quantitative estimate of drug-likeness (QED) is 0.546. The summed E-state index contributed by atoms with van der Waals surface area (Å²) in [6.07, 6.45) is 0. The first-order valence-electron chi connectivity index (χ1n) is 8.14. The number of piperazine rings is 1. The molecule has 0 aliphatic carbocycles. The van der Waals surface area contributed by atoms with Gasteiger partial charge in [0.15, 0.2) is 4.90 Å². The highest BCUT2D eigenvalue weighted by molar-refractivity contribution is 7.89.